The Morgan fingerprint density at radius 3 is 2.11 bits per heavy atom. The largest absolute Gasteiger partial charge is 0.404 e. The first-order valence-electron chi connectivity index (χ1n) is 19.0. The Labute approximate surface area is 316 Å². The lowest BCUT2D eigenvalue weighted by atomic mass is 9.86. The molecule has 0 spiro atoms. The third-order valence-electron chi connectivity index (χ3n) is 11.4. The van der Waals surface area contributed by atoms with Gasteiger partial charge >= 0.3 is 0 Å². The van der Waals surface area contributed by atoms with E-state index in [4.69, 9.17) is 4.43 Å². The SMILES string of the molecule is C[C@@H]1Cc2c([nH]c3ccccc23)[C@@H](c2c(F)cc(C(=O)C3CN(CCCF)C3)cc2F)N1CC(F)CO[Si](c1ccccc1)(c1ccccc1)C(C)(C)C. The number of likely N-dealkylation sites (tertiary alicyclic amines) is 1. The number of nitrogens with zero attached hydrogens (tertiary/aromatic N) is 2. The number of carbonyl (C=O) groups is 1. The van der Waals surface area contributed by atoms with E-state index in [0.717, 1.165) is 39.0 Å². The Balaban J connectivity index is 1.22. The van der Waals surface area contributed by atoms with E-state index in [1.54, 1.807) is 0 Å². The van der Waals surface area contributed by atoms with Crippen molar-refractivity contribution in [2.45, 2.75) is 63.8 Å². The average molecular weight is 756 g/mol. The molecule has 54 heavy (non-hydrogen) atoms. The Kier molecular flexibility index (Phi) is 11.0. The molecular formula is C44H49F4N3O2Si. The van der Waals surface area contributed by atoms with Crippen molar-refractivity contribution in [1.29, 1.82) is 0 Å². The summed E-state index contributed by atoms with van der Waals surface area (Å²) >= 11 is 0. The minimum absolute atomic E-state index is 0.0294. The van der Waals surface area contributed by atoms with Crippen LogP contribution in [-0.2, 0) is 10.8 Å². The highest BCUT2D eigenvalue weighted by Gasteiger charge is 2.51. The number of H-pyrrole nitrogens is 1. The summed E-state index contributed by atoms with van der Waals surface area (Å²) in [4.78, 5) is 20.6. The van der Waals surface area contributed by atoms with E-state index in [9.17, 15) is 9.18 Å². The van der Waals surface area contributed by atoms with Crippen molar-refractivity contribution in [1.82, 2.24) is 14.8 Å². The summed E-state index contributed by atoms with van der Waals surface area (Å²) in [6, 6.07) is 28.9. The zero-order valence-corrected chi connectivity index (χ0v) is 32.4. The van der Waals surface area contributed by atoms with Crippen LogP contribution in [0.3, 0.4) is 0 Å². The normalized spacial score (nSPS) is 19.1. The predicted octanol–water partition coefficient (Wildman–Crippen LogP) is 8.17. The van der Waals surface area contributed by atoms with E-state index in [1.807, 2.05) is 77.4 Å². The number of Topliss-reactive ketones (excluding diaryl/α,β-unsaturated/α-hetero) is 1. The van der Waals surface area contributed by atoms with Gasteiger partial charge in [-0.2, -0.15) is 0 Å². The van der Waals surface area contributed by atoms with Crippen LogP contribution in [-0.4, -0.2) is 80.6 Å². The van der Waals surface area contributed by atoms with Gasteiger partial charge in [0.15, 0.2) is 5.78 Å². The number of halogens is 4. The van der Waals surface area contributed by atoms with Gasteiger partial charge in [-0.15, -0.1) is 0 Å². The van der Waals surface area contributed by atoms with Crippen molar-refractivity contribution in [2.75, 3.05) is 39.5 Å². The lowest BCUT2D eigenvalue weighted by Gasteiger charge is -2.44. The number of rotatable bonds is 13. The van der Waals surface area contributed by atoms with Crippen LogP contribution in [0.25, 0.3) is 10.9 Å². The molecule has 4 aromatic carbocycles. The van der Waals surface area contributed by atoms with Gasteiger partial charge in [0, 0.05) is 65.9 Å². The van der Waals surface area contributed by atoms with Crippen LogP contribution in [0, 0.1) is 17.6 Å². The van der Waals surface area contributed by atoms with Gasteiger partial charge in [0.05, 0.1) is 19.3 Å². The maximum absolute atomic E-state index is 16.8. The number of fused-ring (bicyclic) bond motifs is 3. The summed E-state index contributed by atoms with van der Waals surface area (Å²) < 4.78 is 69.3. The van der Waals surface area contributed by atoms with E-state index in [2.05, 4.69) is 50.0 Å². The molecule has 1 aromatic heterocycles. The molecule has 0 radical (unpaired) electrons. The highest BCUT2D eigenvalue weighted by Crippen LogP contribution is 2.43. The summed E-state index contributed by atoms with van der Waals surface area (Å²) in [5.41, 5.74) is 2.15. The van der Waals surface area contributed by atoms with E-state index in [1.165, 1.54) is 0 Å². The first-order chi connectivity index (χ1) is 25.9. The maximum atomic E-state index is 16.8. The van der Waals surface area contributed by atoms with Gasteiger partial charge in [-0.05, 0) is 58.9 Å². The third-order valence-corrected chi connectivity index (χ3v) is 16.4. The van der Waals surface area contributed by atoms with Crippen LogP contribution < -0.4 is 10.4 Å². The maximum Gasteiger partial charge on any atom is 0.261 e. The van der Waals surface area contributed by atoms with Gasteiger partial charge in [-0.25, -0.2) is 13.2 Å². The molecule has 1 unspecified atom stereocenters. The lowest BCUT2D eigenvalue weighted by Crippen LogP contribution is -2.67. The van der Waals surface area contributed by atoms with Crippen molar-refractivity contribution in [2.24, 2.45) is 5.92 Å². The summed E-state index contributed by atoms with van der Waals surface area (Å²) in [6.45, 7) is 9.03. The molecule has 1 fully saturated rings. The third kappa shape index (κ3) is 7.09. The summed E-state index contributed by atoms with van der Waals surface area (Å²) in [6.07, 6.45) is -0.553. The molecule has 0 amide bonds. The number of alkyl halides is 2. The second-order valence-electron chi connectivity index (χ2n) is 16.0. The monoisotopic (exact) mass is 755 g/mol. The highest BCUT2D eigenvalue weighted by atomic mass is 28.4. The van der Waals surface area contributed by atoms with Gasteiger partial charge in [0.1, 0.15) is 17.8 Å². The van der Waals surface area contributed by atoms with E-state index in [0.29, 0.717) is 38.2 Å². The highest BCUT2D eigenvalue weighted by molar-refractivity contribution is 6.99. The van der Waals surface area contributed by atoms with Crippen molar-refractivity contribution in [3.63, 3.8) is 0 Å². The molecule has 1 N–H and O–H groups in total. The second-order valence-corrected chi connectivity index (χ2v) is 20.3. The molecular weight excluding hydrogens is 707 g/mol. The Bertz CT molecular complexity index is 2020. The molecule has 7 rings (SSSR count). The molecule has 0 saturated carbocycles. The molecule has 0 aliphatic carbocycles. The molecule has 1 saturated heterocycles. The molecule has 10 heteroatoms. The topological polar surface area (TPSA) is 48.6 Å². The van der Waals surface area contributed by atoms with Crippen LogP contribution in [0.1, 0.15) is 67.3 Å². The van der Waals surface area contributed by atoms with E-state index >= 15 is 13.2 Å². The molecule has 0 bridgehead atoms. The number of hydrogen-bond donors (Lipinski definition) is 1. The number of aromatic amines is 1. The number of carbonyl (C=O) groups excluding carboxylic acids is 1. The summed E-state index contributed by atoms with van der Waals surface area (Å²) in [5, 5.41) is 2.69. The predicted molar refractivity (Wildman–Crippen MR) is 210 cm³/mol. The van der Waals surface area contributed by atoms with Gasteiger partial charge in [-0.1, -0.05) is 99.6 Å². The van der Waals surface area contributed by atoms with Crippen LogP contribution in [0.2, 0.25) is 5.04 Å². The number of para-hydroxylation sites is 1. The summed E-state index contributed by atoms with van der Waals surface area (Å²) in [7, 11) is -3.05. The minimum Gasteiger partial charge on any atom is -0.404 e. The lowest BCUT2D eigenvalue weighted by molar-refractivity contribution is 0.0612. The molecule has 3 heterocycles. The van der Waals surface area contributed by atoms with Crippen LogP contribution in [0.4, 0.5) is 17.6 Å². The minimum atomic E-state index is -3.05. The van der Waals surface area contributed by atoms with Crippen LogP contribution >= 0.6 is 0 Å². The first-order valence-corrected chi connectivity index (χ1v) is 20.9. The van der Waals surface area contributed by atoms with Gasteiger partial charge < -0.3 is 14.3 Å². The molecule has 5 aromatic rings. The zero-order chi connectivity index (χ0) is 38.2. The number of aromatic nitrogens is 1. The molecule has 284 valence electrons. The van der Waals surface area contributed by atoms with Crippen molar-refractivity contribution in [3.8, 4) is 0 Å². The van der Waals surface area contributed by atoms with Crippen LogP contribution in [0.15, 0.2) is 97.1 Å². The molecule has 5 nitrogen and oxygen atoms in total. The van der Waals surface area contributed by atoms with Gasteiger partial charge in [-0.3, -0.25) is 14.1 Å². The Morgan fingerprint density at radius 2 is 1.52 bits per heavy atom. The van der Waals surface area contributed by atoms with E-state index < -0.39 is 44.8 Å². The number of nitrogens with one attached hydrogen (secondary N) is 1. The first kappa shape index (κ1) is 38.2. The average Bonchev–Trinajstić information content (AvgIpc) is 3.50. The van der Waals surface area contributed by atoms with Gasteiger partial charge in [0.25, 0.3) is 8.32 Å². The number of ketones is 1. The smallest absolute Gasteiger partial charge is 0.261 e. The van der Waals surface area contributed by atoms with Crippen molar-refractivity contribution < 1.29 is 26.8 Å². The standard InChI is InChI=1S/C44H49F4N3O2Si/c1-29-22-36-35-18-11-12-19-39(35)49-41(36)42(40-37(47)23-30(24-38(40)48)43(52)31-25-50(26-31)21-13-20-45)51(29)27-32(46)28-53-54(44(2,3)4,33-14-7-5-8-15-33)34-16-9-6-10-17-34/h5-12,14-19,23-24,29,31-32,42,49H,13,20-22,25-28H2,1-4H3/t29-,32?,42-/m1/s1. The van der Waals surface area contributed by atoms with Crippen molar-refractivity contribution in [3.05, 3.63) is 131 Å². The second kappa shape index (κ2) is 15.6. The number of benzene rings is 4. The van der Waals surface area contributed by atoms with E-state index in [-0.39, 0.29) is 41.1 Å². The Morgan fingerprint density at radius 1 is 0.926 bits per heavy atom. The Hall–Kier alpha value is -4.09. The van der Waals surface area contributed by atoms with Crippen molar-refractivity contribution >= 4 is 35.4 Å². The summed E-state index contributed by atoms with van der Waals surface area (Å²) in [5.74, 6) is -2.43. The molecule has 3 atom stereocenters. The number of hydrogen-bond acceptors (Lipinski definition) is 4. The zero-order valence-electron chi connectivity index (χ0n) is 31.4. The fourth-order valence-electron chi connectivity index (χ4n) is 8.79. The molecule has 2 aliphatic rings. The van der Waals surface area contributed by atoms with Crippen LogP contribution in [0.5, 0.6) is 0 Å². The fourth-order valence-corrected chi connectivity index (χ4v) is 13.4. The fraction of sp³-hybridized carbons (Fsp3) is 0.386. The van der Waals surface area contributed by atoms with Gasteiger partial charge in [0.2, 0.25) is 0 Å². The molecule has 2 aliphatic heterocycles. The quantitative estimate of drug-likeness (QED) is 0.0749.